The average molecular weight is 217 g/mol. The molecule has 0 saturated carbocycles. The van der Waals surface area contributed by atoms with Gasteiger partial charge in [-0.05, 0) is 0 Å². The Hall–Kier alpha value is -1.10. The Morgan fingerprint density at radius 2 is 1.86 bits per heavy atom. The van der Waals surface area contributed by atoms with Crippen molar-refractivity contribution in [2.24, 2.45) is 11.8 Å². The molecular weight excluding hydrogens is 208 g/mol. The highest BCUT2D eigenvalue weighted by Gasteiger charge is 2.48. The van der Waals surface area contributed by atoms with Gasteiger partial charge in [0.2, 0.25) is 17.7 Å². The molecule has 0 aliphatic carbocycles. The SMILES string of the molecule is O=C1NC(=O)[C@@H]2CN(C(=O)CCl)C[C@@H]12. The van der Waals surface area contributed by atoms with E-state index in [0.29, 0.717) is 13.1 Å². The fraction of sp³-hybridized carbons (Fsp3) is 0.625. The highest BCUT2D eigenvalue weighted by molar-refractivity contribution is 6.27. The lowest BCUT2D eigenvalue weighted by molar-refractivity contribution is -0.129. The smallest absolute Gasteiger partial charge is 0.237 e. The molecule has 0 unspecified atom stereocenters. The molecule has 1 N–H and O–H groups in total. The predicted octanol–water partition coefficient (Wildman–Crippen LogP) is -1.04. The van der Waals surface area contributed by atoms with E-state index in [4.69, 9.17) is 11.6 Å². The first kappa shape index (κ1) is 9.45. The van der Waals surface area contributed by atoms with E-state index in [-0.39, 0.29) is 35.4 Å². The van der Waals surface area contributed by atoms with Gasteiger partial charge in [-0.2, -0.15) is 0 Å². The maximum atomic E-state index is 11.2. The zero-order valence-electron chi connectivity index (χ0n) is 7.33. The second kappa shape index (κ2) is 3.24. The van der Waals surface area contributed by atoms with Crippen molar-refractivity contribution >= 4 is 29.3 Å². The third-order valence-electron chi connectivity index (χ3n) is 2.71. The molecule has 0 bridgehead atoms. The van der Waals surface area contributed by atoms with Crippen molar-refractivity contribution in [3.05, 3.63) is 0 Å². The molecule has 14 heavy (non-hydrogen) atoms. The van der Waals surface area contributed by atoms with Crippen LogP contribution in [0.1, 0.15) is 0 Å². The highest BCUT2D eigenvalue weighted by atomic mass is 35.5. The summed E-state index contributed by atoms with van der Waals surface area (Å²) >= 11 is 5.38. The first-order valence-electron chi connectivity index (χ1n) is 4.32. The Labute approximate surface area is 85.4 Å². The molecule has 2 atom stereocenters. The van der Waals surface area contributed by atoms with E-state index in [2.05, 4.69) is 5.32 Å². The lowest BCUT2D eigenvalue weighted by atomic mass is 10.00. The van der Waals surface area contributed by atoms with E-state index in [1.807, 2.05) is 0 Å². The van der Waals surface area contributed by atoms with Gasteiger partial charge in [-0.15, -0.1) is 11.6 Å². The van der Waals surface area contributed by atoms with Crippen LogP contribution in [-0.2, 0) is 14.4 Å². The molecule has 0 spiro atoms. The summed E-state index contributed by atoms with van der Waals surface area (Å²) in [5, 5.41) is 2.25. The number of hydrogen-bond donors (Lipinski definition) is 1. The maximum Gasteiger partial charge on any atom is 0.237 e. The third-order valence-corrected chi connectivity index (χ3v) is 2.94. The molecule has 0 aromatic rings. The van der Waals surface area contributed by atoms with Crippen molar-refractivity contribution < 1.29 is 14.4 Å². The number of fused-ring (bicyclic) bond motifs is 1. The fourth-order valence-corrected chi connectivity index (χ4v) is 2.10. The summed E-state index contributed by atoms with van der Waals surface area (Å²) in [4.78, 5) is 35.1. The van der Waals surface area contributed by atoms with Gasteiger partial charge in [-0.1, -0.05) is 0 Å². The number of rotatable bonds is 1. The summed E-state index contributed by atoms with van der Waals surface area (Å²) in [6.07, 6.45) is 0. The van der Waals surface area contributed by atoms with Gasteiger partial charge in [-0.25, -0.2) is 0 Å². The normalized spacial score (nSPS) is 30.5. The topological polar surface area (TPSA) is 66.5 Å². The lowest BCUT2D eigenvalue weighted by Crippen LogP contribution is -2.35. The quantitative estimate of drug-likeness (QED) is 0.450. The van der Waals surface area contributed by atoms with Crippen LogP contribution in [0.5, 0.6) is 0 Å². The standard InChI is InChI=1S/C8H9ClN2O3/c9-1-6(12)11-2-4-5(3-11)8(14)10-7(4)13/h4-5H,1-3H2,(H,10,13,14)/t4-,5-/m1/s1. The van der Waals surface area contributed by atoms with Crippen LogP contribution in [0.3, 0.4) is 0 Å². The molecule has 2 rings (SSSR count). The number of amides is 3. The second-order valence-electron chi connectivity index (χ2n) is 3.50. The van der Waals surface area contributed by atoms with E-state index >= 15 is 0 Å². The minimum atomic E-state index is -0.366. The fourth-order valence-electron chi connectivity index (χ4n) is 1.93. The first-order chi connectivity index (χ1) is 6.63. The van der Waals surface area contributed by atoms with Gasteiger partial charge in [0.15, 0.2) is 0 Å². The molecule has 5 nitrogen and oxygen atoms in total. The zero-order valence-corrected chi connectivity index (χ0v) is 8.08. The number of carbonyl (C=O) groups excluding carboxylic acids is 3. The van der Waals surface area contributed by atoms with Gasteiger partial charge in [0.1, 0.15) is 5.88 Å². The summed E-state index contributed by atoms with van der Waals surface area (Å²) < 4.78 is 0. The number of hydrogen-bond acceptors (Lipinski definition) is 3. The van der Waals surface area contributed by atoms with Crippen LogP contribution >= 0.6 is 11.6 Å². The Balaban J connectivity index is 2.11. The number of alkyl halides is 1. The zero-order chi connectivity index (χ0) is 10.3. The lowest BCUT2D eigenvalue weighted by Gasteiger charge is -2.14. The molecule has 6 heteroatoms. The van der Waals surface area contributed by atoms with Gasteiger partial charge in [0.05, 0.1) is 11.8 Å². The number of nitrogens with one attached hydrogen (secondary N) is 1. The molecule has 2 saturated heterocycles. The minimum Gasteiger partial charge on any atom is -0.340 e. The molecular formula is C8H9ClN2O3. The number of carbonyl (C=O) groups is 3. The second-order valence-corrected chi connectivity index (χ2v) is 3.77. The van der Waals surface area contributed by atoms with Gasteiger partial charge >= 0.3 is 0 Å². The van der Waals surface area contributed by atoms with Crippen molar-refractivity contribution in [2.45, 2.75) is 0 Å². The van der Waals surface area contributed by atoms with Crippen LogP contribution in [0.4, 0.5) is 0 Å². The van der Waals surface area contributed by atoms with Gasteiger partial charge in [-0.3, -0.25) is 19.7 Å². The number of halogens is 1. The Kier molecular flexibility index (Phi) is 2.19. The van der Waals surface area contributed by atoms with Crippen LogP contribution in [0.2, 0.25) is 0 Å². The summed E-state index contributed by atoms with van der Waals surface area (Å²) in [5.41, 5.74) is 0. The van der Waals surface area contributed by atoms with E-state index in [1.165, 1.54) is 4.90 Å². The molecule has 0 aromatic heterocycles. The van der Waals surface area contributed by atoms with Crippen molar-refractivity contribution in [2.75, 3.05) is 19.0 Å². The number of likely N-dealkylation sites (tertiary alicyclic amines) is 1. The van der Waals surface area contributed by atoms with Gasteiger partial charge in [0, 0.05) is 13.1 Å². The van der Waals surface area contributed by atoms with Crippen LogP contribution in [0.25, 0.3) is 0 Å². The van der Waals surface area contributed by atoms with Crippen LogP contribution < -0.4 is 5.32 Å². The summed E-state index contributed by atoms with van der Waals surface area (Å²) in [5.74, 6) is -1.60. The molecule has 2 heterocycles. The summed E-state index contributed by atoms with van der Waals surface area (Å²) in [6, 6.07) is 0. The molecule has 0 aromatic carbocycles. The van der Waals surface area contributed by atoms with Crippen molar-refractivity contribution in [3.8, 4) is 0 Å². The summed E-state index contributed by atoms with van der Waals surface area (Å²) in [7, 11) is 0. The van der Waals surface area contributed by atoms with Gasteiger partial charge < -0.3 is 4.90 Å². The number of imide groups is 1. The molecule has 2 fully saturated rings. The molecule has 2 aliphatic heterocycles. The third kappa shape index (κ3) is 1.28. The van der Waals surface area contributed by atoms with E-state index in [9.17, 15) is 14.4 Å². The summed E-state index contributed by atoms with van der Waals surface area (Å²) in [6.45, 7) is 0.627. The molecule has 76 valence electrons. The van der Waals surface area contributed by atoms with Crippen molar-refractivity contribution in [3.63, 3.8) is 0 Å². The van der Waals surface area contributed by atoms with E-state index < -0.39 is 0 Å². The van der Waals surface area contributed by atoms with Crippen LogP contribution in [0, 0.1) is 11.8 Å². The monoisotopic (exact) mass is 216 g/mol. The highest BCUT2D eigenvalue weighted by Crippen LogP contribution is 2.28. The Morgan fingerprint density at radius 1 is 1.36 bits per heavy atom. The Morgan fingerprint density at radius 3 is 2.29 bits per heavy atom. The first-order valence-corrected chi connectivity index (χ1v) is 4.85. The van der Waals surface area contributed by atoms with E-state index in [1.54, 1.807) is 0 Å². The average Bonchev–Trinajstić information content (AvgIpc) is 2.69. The molecule has 0 radical (unpaired) electrons. The Bertz CT molecular complexity index is 296. The molecule has 2 aliphatic rings. The van der Waals surface area contributed by atoms with Crippen LogP contribution in [-0.4, -0.2) is 41.6 Å². The van der Waals surface area contributed by atoms with Crippen molar-refractivity contribution in [1.29, 1.82) is 0 Å². The van der Waals surface area contributed by atoms with Crippen LogP contribution in [0.15, 0.2) is 0 Å². The van der Waals surface area contributed by atoms with Gasteiger partial charge in [0.25, 0.3) is 0 Å². The minimum absolute atomic E-state index is 0.102. The van der Waals surface area contributed by atoms with E-state index in [0.717, 1.165) is 0 Å². The predicted molar refractivity (Wildman–Crippen MR) is 47.4 cm³/mol. The largest absolute Gasteiger partial charge is 0.340 e. The molecule has 3 amide bonds. The van der Waals surface area contributed by atoms with Crippen molar-refractivity contribution in [1.82, 2.24) is 10.2 Å². The maximum absolute atomic E-state index is 11.2. The number of nitrogens with zero attached hydrogens (tertiary/aromatic N) is 1.